The highest BCUT2D eigenvalue weighted by Gasteiger charge is 2.64. The summed E-state index contributed by atoms with van der Waals surface area (Å²) in [5.41, 5.74) is 9.75. The number of thioether (sulfide) groups is 1. The molecule has 438 valence electrons. The van der Waals surface area contributed by atoms with Crippen LogP contribution in [-0.2, 0) is 47.7 Å². The average molecular weight is 1140 g/mol. The number of esters is 4. The van der Waals surface area contributed by atoms with Gasteiger partial charge in [0.05, 0.1) is 36.1 Å². The molecule has 3 aliphatic heterocycles. The molecular weight excluding hydrogens is 1070 g/mol. The van der Waals surface area contributed by atoms with Crippen LogP contribution < -0.4 is 16.5 Å². The zero-order valence-corrected chi connectivity index (χ0v) is 47.8. The number of nitro groups is 1. The summed E-state index contributed by atoms with van der Waals surface area (Å²) in [6.45, 7) is 16.5. The van der Waals surface area contributed by atoms with E-state index in [9.17, 15) is 48.8 Å². The van der Waals surface area contributed by atoms with E-state index < -0.39 is 81.1 Å². The van der Waals surface area contributed by atoms with Crippen LogP contribution in [0.4, 0.5) is 5.88 Å². The largest absolute Gasteiger partial charge is 0.508 e. The number of aliphatic hydroxyl groups is 1. The van der Waals surface area contributed by atoms with E-state index in [1.165, 1.54) is 58.6 Å². The maximum Gasteiger partial charge on any atom is 0.433 e. The Morgan fingerprint density at radius 3 is 2.33 bits per heavy atom. The van der Waals surface area contributed by atoms with Crippen LogP contribution in [0.25, 0.3) is 0 Å². The first-order valence-electron chi connectivity index (χ1n) is 27.0. The van der Waals surface area contributed by atoms with Gasteiger partial charge in [-0.1, -0.05) is 76.3 Å². The maximum atomic E-state index is 12.8. The van der Waals surface area contributed by atoms with Crippen molar-refractivity contribution in [1.29, 1.82) is 0 Å². The molecule has 8 rings (SSSR count). The quantitative estimate of drug-likeness (QED) is 0.0180. The van der Waals surface area contributed by atoms with Gasteiger partial charge in [0.15, 0.2) is 5.76 Å². The molecule has 0 saturated carbocycles. The van der Waals surface area contributed by atoms with Crippen molar-refractivity contribution in [2.24, 2.45) is 45.8 Å². The molecule has 0 bridgehead atoms. The first-order chi connectivity index (χ1) is 38.2. The number of nitrogens with one attached hydrogen (secondary N) is 2. The van der Waals surface area contributed by atoms with Crippen molar-refractivity contribution in [3.05, 3.63) is 118 Å². The Morgan fingerprint density at radius 2 is 1.70 bits per heavy atom. The zero-order chi connectivity index (χ0) is 59.5. The van der Waals surface area contributed by atoms with Crippen LogP contribution >= 0.6 is 11.8 Å². The molecular formula is C58H74N6O16S. The number of phenolic OH excluding ortho intramolecular Hbond substituents is 1. The fraction of sp³-hybridized carbons (Fsp3) is 0.517. The Hall–Kier alpha value is -7.37. The minimum Gasteiger partial charge on any atom is -0.508 e. The number of hydrogen-bond acceptors (Lipinski definition) is 19. The molecule has 4 heterocycles. The number of benzene rings is 2. The molecule has 22 nitrogen and oxygen atoms in total. The SMILES string of the molecule is CC(C)(C)C(=O)OCOC(=O)[C@@H]1N2C(=O)[C@@H](NC(=O)[C@H](N)c3ccccc3)[C@H]2SC1(C)C.CC[C@H](C)C(=O)O[C@H]1C[C@@H](C)C=C2C=C[C@H](C)[C@H](CC[C@@H]3C[C@@H](O)CC(=O)O3)[C@H]21.O=C(N/N=C/c1ccc([N+](=O)[O-])o1)c1ccc(O)cc1. The van der Waals surface area contributed by atoms with Gasteiger partial charge in [-0.2, -0.15) is 5.10 Å². The summed E-state index contributed by atoms with van der Waals surface area (Å²) in [4.78, 5) is 96.9. The number of hydrogen-bond donors (Lipinski definition) is 5. The fourth-order valence-electron chi connectivity index (χ4n) is 10.0. The highest BCUT2D eigenvalue weighted by molar-refractivity contribution is 8.01. The van der Waals surface area contributed by atoms with Gasteiger partial charge in [-0.05, 0) is 120 Å². The Balaban J connectivity index is 0.000000201. The van der Waals surface area contributed by atoms with E-state index >= 15 is 0 Å². The fourth-order valence-corrected chi connectivity index (χ4v) is 11.7. The van der Waals surface area contributed by atoms with E-state index in [1.54, 1.807) is 45.0 Å². The number of ether oxygens (including phenoxy) is 4. The van der Waals surface area contributed by atoms with Gasteiger partial charge in [0.25, 0.3) is 5.91 Å². The number of nitrogens with zero attached hydrogens (tertiary/aromatic N) is 3. The van der Waals surface area contributed by atoms with Gasteiger partial charge >= 0.3 is 29.8 Å². The number of fused-ring (bicyclic) bond motifs is 2. The molecule has 0 spiro atoms. The zero-order valence-electron chi connectivity index (χ0n) is 47.0. The third-order valence-electron chi connectivity index (χ3n) is 14.6. The van der Waals surface area contributed by atoms with E-state index in [0.717, 1.165) is 31.9 Å². The van der Waals surface area contributed by atoms with Crippen LogP contribution in [0.5, 0.6) is 5.75 Å². The van der Waals surface area contributed by atoms with Gasteiger partial charge in [0.1, 0.15) is 46.4 Å². The Bertz CT molecular complexity index is 2850. The lowest BCUT2D eigenvalue weighted by atomic mass is 9.65. The number of hydrazone groups is 1. The highest BCUT2D eigenvalue weighted by Crippen LogP contribution is 2.51. The average Bonchev–Trinajstić information content (AvgIpc) is 4.17. The second-order valence-corrected chi connectivity index (χ2v) is 24.2. The molecule has 1 aromatic heterocycles. The molecule has 5 aliphatic rings. The van der Waals surface area contributed by atoms with Crippen LogP contribution in [0, 0.1) is 45.1 Å². The lowest BCUT2D eigenvalue weighted by Gasteiger charge is -2.44. The van der Waals surface area contributed by atoms with Crippen LogP contribution in [-0.4, -0.2) is 115 Å². The minimum absolute atomic E-state index is 0.0490. The molecule has 23 heteroatoms. The number of aromatic hydroxyl groups is 1. The molecule has 3 aromatic rings. The van der Waals surface area contributed by atoms with Crippen LogP contribution in [0.3, 0.4) is 0 Å². The number of phenols is 1. The third kappa shape index (κ3) is 16.4. The Kier molecular flexibility index (Phi) is 21.2. The Labute approximate surface area is 474 Å². The maximum absolute atomic E-state index is 12.8. The monoisotopic (exact) mass is 1140 g/mol. The molecule has 81 heavy (non-hydrogen) atoms. The molecule has 6 N–H and O–H groups in total. The molecule has 3 saturated heterocycles. The summed E-state index contributed by atoms with van der Waals surface area (Å²) in [5, 5.41) is 35.3. The first kappa shape index (κ1) is 62.8. The van der Waals surface area contributed by atoms with Crippen LogP contribution in [0.2, 0.25) is 0 Å². The van der Waals surface area contributed by atoms with Gasteiger partial charge in [-0.25, -0.2) is 10.2 Å². The number of carbonyl (C=O) groups excluding carboxylic acids is 7. The second kappa shape index (κ2) is 27.4. The van der Waals surface area contributed by atoms with Gasteiger partial charge < -0.3 is 49.5 Å². The molecule has 2 aromatic carbocycles. The molecule has 0 unspecified atom stereocenters. The summed E-state index contributed by atoms with van der Waals surface area (Å²) in [6.07, 6.45) is 10.8. The number of aliphatic hydroxyl groups excluding tert-OH is 1. The predicted molar refractivity (Wildman–Crippen MR) is 297 cm³/mol. The van der Waals surface area contributed by atoms with Crippen molar-refractivity contribution >= 4 is 65.5 Å². The van der Waals surface area contributed by atoms with Gasteiger partial charge in [0.2, 0.25) is 18.6 Å². The molecule has 3 fully saturated rings. The van der Waals surface area contributed by atoms with Crippen molar-refractivity contribution in [2.75, 3.05) is 6.79 Å². The number of amides is 3. The summed E-state index contributed by atoms with van der Waals surface area (Å²) in [7, 11) is 0. The van der Waals surface area contributed by atoms with Gasteiger partial charge in [-0.15, -0.1) is 11.8 Å². The highest BCUT2D eigenvalue weighted by atomic mass is 32.2. The van der Waals surface area contributed by atoms with Crippen LogP contribution in [0.1, 0.15) is 129 Å². The van der Waals surface area contributed by atoms with E-state index in [1.807, 2.05) is 33.8 Å². The van der Waals surface area contributed by atoms with E-state index in [4.69, 9.17) is 34.2 Å². The van der Waals surface area contributed by atoms with E-state index in [2.05, 4.69) is 47.9 Å². The molecule has 3 amide bonds. The smallest absolute Gasteiger partial charge is 0.433 e. The molecule has 12 atom stereocenters. The van der Waals surface area contributed by atoms with Crippen molar-refractivity contribution in [3.8, 4) is 5.75 Å². The standard InChI is InChI=1S/C24H36O5.C22H29N3O6S.C12H9N3O5/c1-5-15(3)24(27)29-21-11-14(2)10-17-7-6-16(4)20(23(17)21)9-8-19-12-18(25)13-22(26)28-19;1-21(2,3)20(29)31-11-30-19(28)15-22(4,5)32-18-14(17(27)25(15)18)24-16(26)13(23)12-9-7-6-8-10-12;16-9-3-1-8(2-4-9)12(17)14-13-7-10-5-6-11(20-10)15(18)19/h6-7,10,14-16,18-21,23,25H,5,8-9,11-13H2,1-4H3;6-10,13-15,18H,11,23H2,1-5H3,(H,24,26);1-7,16H,(H,14,17)/b;;13-7+/t14-,15-,16-,18+,19+,20-,21-,23-;13-,14-,15+,18-;/m01./s1. The normalized spacial score (nSPS) is 26.0. The minimum atomic E-state index is -0.907. The van der Waals surface area contributed by atoms with E-state index in [-0.39, 0.29) is 59.8 Å². The number of carbonyl (C=O) groups is 7. The summed E-state index contributed by atoms with van der Waals surface area (Å²) >= 11 is 1.40. The van der Waals surface area contributed by atoms with Gasteiger partial charge in [0, 0.05) is 22.6 Å². The molecule has 0 radical (unpaired) electrons. The summed E-state index contributed by atoms with van der Waals surface area (Å²) in [5.74, 6) is -1.95. The van der Waals surface area contributed by atoms with Gasteiger partial charge in [-0.3, -0.25) is 38.9 Å². The predicted octanol–water partition coefficient (Wildman–Crippen LogP) is 7.18. The second-order valence-electron chi connectivity index (χ2n) is 22.4. The molecule has 2 aliphatic carbocycles. The van der Waals surface area contributed by atoms with Crippen molar-refractivity contribution in [1.82, 2.24) is 15.6 Å². The van der Waals surface area contributed by atoms with Crippen LogP contribution in [0.15, 0.2) is 100 Å². The van der Waals surface area contributed by atoms with Crippen molar-refractivity contribution in [3.63, 3.8) is 0 Å². The number of β-lactam (4-membered cyclic amide) rings is 1. The number of rotatable bonds is 16. The number of allylic oxidation sites excluding steroid dienone is 3. The third-order valence-corrected chi connectivity index (χ3v) is 16.2. The topological polar surface area (TPSA) is 319 Å². The lowest BCUT2D eigenvalue weighted by Crippen LogP contribution is -2.71. The summed E-state index contributed by atoms with van der Waals surface area (Å²) < 4.78 is 25.8. The first-order valence-corrected chi connectivity index (χ1v) is 27.9. The Morgan fingerprint density at radius 1 is 1.01 bits per heavy atom. The van der Waals surface area contributed by atoms with E-state index in [0.29, 0.717) is 35.3 Å². The van der Waals surface area contributed by atoms with Crippen molar-refractivity contribution < 1.29 is 72.1 Å². The summed E-state index contributed by atoms with van der Waals surface area (Å²) in [6, 6.07) is 14.4. The number of furan rings is 1. The van der Waals surface area contributed by atoms with Crippen molar-refractivity contribution in [2.45, 2.75) is 147 Å². The number of nitrogens with two attached hydrogens (primary N) is 1. The number of cyclic esters (lactones) is 1. The lowest BCUT2D eigenvalue weighted by molar-refractivity contribution is -0.402.